The van der Waals surface area contributed by atoms with Gasteiger partial charge in [-0.2, -0.15) is 0 Å². The molecule has 1 aliphatic carbocycles. The SMILES string of the molecule is C#CCCC[C@H](NC(=O)CC1CCCC1)C(=O)O. The number of unbranched alkanes of at least 4 members (excludes halogenated alkanes) is 1. The number of nitrogens with one attached hydrogen (secondary N) is 1. The first-order valence-electron chi connectivity index (χ1n) is 6.59. The van der Waals surface area contributed by atoms with Gasteiger partial charge in [-0.3, -0.25) is 4.79 Å². The molecule has 100 valence electrons. The lowest BCUT2D eigenvalue weighted by molar-refractivity contribution is -0.142. The molecule has 18 heavy (non-hydrogen) atoms. The van der Waals surface area contributed by atoms with Crippen molar-refractivity contribution in [2.75, 3.05) is 0 Å². The molecule has 1 saturated carbocycles. The van der Waals surface area contributed by atoms with Crippen molar-refractivity contribution in [1.29, 1.82) is 0 Å². The highest BCUT2D eigenvalue weighted by atomic mass is 16.4. The average Bonchev–Trinajstić information content (AvgIpc) is 2.80. The molecule has 1 atom stereocenters. The summed E-state index contributed by atoms with van der Waals surface area (Å²) < 4.78 is 0. The van der Waals surface area contributed by atoms with E-state index in [4.69, 9.17) is 11.5 Å². The Morgan fingerprint density at radius 1 is 1.39 bits per heavy atom. The Kier molecular flexibility index (Phi) is 6.27. The third-order valence-electron chi connectivity index (χ3n) is 3.40. The molecule has 0 radical (unpaired) electrons. The van der Waals surface area contributed by atoms with Gasteiger partial charge in [0.15, 0.2) is 0 Å². The first-order valence-corrected chi connectivity index (χ1v) is 6.59. The second kappa shape index (κ2) is 7.75. The average molecular weight is 251 g/mol. The van der Waals surface area contributed by atoms with Gasteiger partial charge < -0.3 is 10.4 Å². The van der Waals surface area contributed by atoms with E-state index in [0.29, 0.717) is 31.6 Å². The van der Waals surface area contributed by atoms with Crippen molar-refractivity contribution in [2.45, 2.75) is 57.4 Å². The van der Waals surface area contributed by atoms with Gasteiger partial charge in [-0.1, -0.05) is 12.8 Å². The van der Waals surface area contributed by atoms with E-state index in [9.17, 15) is 9.59 Å². The van der Waals surface area contributed by atoms with E-state index < -0.39 is 12.0 Å². The molecule has 0 unspecified atom stereocenters. The van der Waals surface area contributed by atoms with Crippen LogP contribution in [0, 0.1) is 18.3 Å². The van der Waals surface area contributed by atoms with Crippen LogP contribution in [0.3, 0.4) is 0 Å². The zero-order valence-electron chi connectivity index (χ0n) is 10.7. The van der Waals surface area contributed by atoms with Crippen LogP contribution in [0.15, 0.2) is 0 Å². The fourth-order valence-electron chi connectivity index (χ4n) is 2.40. The van der Waals surface area contributed by atoms with E-state index in [2.05, 4.69) is 11.2 Å². The number of carbonyl (C=O) groups is 2. The molecule has 0 aromatic rings. The van der Waals surface area contributed by atoms with Crippen LogP contribution in [-0.2, 0) is 9.59 Å². The fourth-order valence-corrected chi connectivity index (χ4v) is 2.40. The highest BCUT2D eigenvalue weighted by molar-refractivity contribution is 5.83. The van der Waals surface area contributed by atoms with Gasteiger partial charge in [0.25, 0.3) is 0 Å². The first-order chi connectivity index (χ1) is 8.63. The molecule has 0 bridgehead atoms. The molecule has 0 aromatic heterocycles. The van der Waals surface area contributed by atoms with E-state index in [1.54, 1.807) is 0 Å². The smallest absolute Gasteiger partial charge is 0.326 e. The van der Waals surface area contributed by atoms with Gasteiger partial charge in [0, 0.05) is 12.8 Å². The number of carboxylic acids is 1. The minimum Gasteiger partial charge on any atom is -0.480 e. The molecule has 0 heterocycles. The standard InChI is InChI=1S/C14H21NO3/c1-2-3-4-9-12(14(17)18)15-13(16)10-11-7-5-6-8-11/h1,11-12H,3-10H2,(H,15,16)(H,17,18)/t12-/m0/s1. The Morgan fingerprint density at radius 2 is 2.06 bits per heavy atom. The van der Waals surface area contributed by atoms with Gasteiger partial charge in [0.1, 0.15) is 6.04 Å². The van der Waals surface area contributed by atoms with Crippen molar-refractivity contribution in [3.63, 3.8) is 0 Å². The molecule has 4 nitrogen and oxygen atoms in total. The van der Waals surface area contributed by atoms with Crippen LogP contribution < -0.4 is 5.32 Å². The number of rotatable bonds is 7. The number of amides is 1. The maximum atomic E-state index is 11.7. The van der Waals surface area contributed by atoms with E-state index in [0.717, 1.165) is 12.8 Å². The number of carbonyl (C=O) groups excluding carboxylic acids is 1. The Labute approximate surface area is 108 Å². The summed E-state index contributed by atoms with van der Waals surface area (Å²) in [4.78, 5) is 22.7. The summed E-state index contributed by atoms with van der Waals surface area (Å²) in [6.45, 7) is 0. The molecular weight excluding hydrogens is 230 g/mol. The Morgan fingerprint density at radius 3 is 2.61 bits per heavy atom. The highest BCUT2D eigenvalue weighted by Gasteiger charge is 2.23. The maximum Gasteiger partial charge on any atom is 0.326 e. The van der Waals surface area contributed by atoms with Crippen molar-refractivity contribution in [2.24, 2.45) is 5.92 Å². The van der Waals surface area contributed by atoms with E-state index >= 15 is 0 Å². The number of hydrogen-bond donors (Lipinski definition) is 2. The van der Waals surface area contributed by atoms with E-state index in [1.807, 2.05) is 0 Å². The third kappa shape index (κ3) is 5.22. The van der Waals surface area contributed by atoms with Gasteiger partial charge in [-0.15, -0.1) is 12.3 Å². The third-order valence-corrected chi connectivity index (χ3v) is 3.40. The summed E-state index contributed by atoms with van der Waals surface area (Å²) in [7, 11) is 0. The van der Waals surface area contributed by atoms with Crippen LogP contribution in [0.4, 0.5) is 0 Å². The quantitative estimate of drug-likeness (QED) is 0.537. The summed E-state index contributed by atoms with van der Waals surface area (Å²) >= 11 is 0. The predicted molar refractivity (Wildman–Crippen MR) is 68.8 cm³/mol. The summed E-state index contributed by atoms with van der Waals surface area (Å²) in [5.41, 5.74) is 0. The monoisotopic (exact) mass is 251 g/mol. The van der Waals surface area contributed by atoms with E-state index in [1.165, 1.54) is 12.8 Å². The number of aliphatic carboxylic acids is 1. The Hall–Kier alpha value is -1.50. The van der Waals surface area contributed by atoms with Gasteiger partial charge in [0.05, 0.1) is 0 Å². The predicted octanol–water partition coefficient (Wildman–Crippen LogP) is 1.94. The molecular formula is C14H21NO3. The molecule has 2 N–H and O–H groups in total. The van der Waals surface area contributed by atoms with E-state index in [-0.39, 0.29) is 5.91 Å². The lowest BCUT2D eigenvalue weighted by atomic mass is 10.0. The normalized spacial score (nSPS) is 17.1. The topological polar surface area (TPSA) is 66.4 Å². The Bertz CT molecular complexity index is 326. The number of hydrogen-bond acceptors (Lipinski definition) is 2. The number of carboxylic acid groups (broad SMARTS) is 1. The van der Waals surface area contributed by atoms with Crippen molar-refractivity contribution in [1.82, 2.24) is 5.32 Å². The van der Waals surface area contributed by atoms with Crippen LogP contribution in [-0.4, -0.2) is 23.0 Å². The molecule has 0 saturated heterocycles. The largest absolute Gasteiger partial charge is 0.480 e. The van der Waals surface area contributed by atoms with Crippen molar-refractivity contribution < 1.29 is 14.7 Å². The fraction of sp³-hybridized carbons (Fsp3) is 0.714. The molecule has 0 aromatic carbocycles. The number of terminal acetylenes is 1. The van der Waals surface area contributed by atoms with Gasteiger partial charge >= 0.3 is 5.97 Å². The molecule has 0 aliphatic heterocycles. The first kappa shape index (κ1) is 14.6. The minimum absolute atomic E-state index is 0.144. The second-order valence-electron chi connectivity index (χ2n) is 4.91. The molecule has 1 fully saturated rings. The van der Waals surface area contributed by atoms with Gasteiger partial charge in [-0.25, -0.2) is 4.79 Å². The zero-order chi connectivity index (χ0) is 13.4. The van der Waals surface area contributed by atoms with Gasteiger partial charge in [-0.05, 0) is 31.6 Å². The minimum atomic E-state index is -0.980. The molecule has 1 rings (SSSR count). The zero-order valence-corrected chi connectivity index (χ0v) is 10.7. The Balaban J connectivity index is 2.32. The summed E-state index contributed by atoms with van der Waals surface area (Å²) in [5.74, 6) is 1.78. The molecule has 4 heteroatoms. The summed E-state index contributed by atoms with van der Waals surface area (Å²) in [5, 5.41) is 11.6. The van der Waals surface area contributed by atoms with Crippen LogP contribution in [0.2, 0.25) is 0 Å². The lowest BCUT2D eigenvalue weighted by Gasteiger charge is -2.15. The van der Waals surface area contributed by atoms with Crippen molar-refractivity contribution >= 4 is 11.9 Å². The van der Waals surface area contributed by atoms with Crippen molar-refractivity contribution in [3.05, 3.63) is 0 Å². The van der Waals surface area contributed by atoms with Crippen LogP contribution in [0.5, 0.6) is 0 Å². The summed E-state index contributed by atoms with van der Waals surface area (Å²) in [6.07, 6.45) is 11.7. The maximum absolute atomic E-state index is 11.7. The molecule has 0 spiro atoms. The second-order valence-corrected chi connectivity index (χ2v) is 4.91. The molecule has 1 aliphatic rings. The molecule has 1 amide bonds. The van der Waals surface area contributed by atoms with Crippen LogP contribution >= 0.6 is 0 Å². The summed E-state index contributed by atoms with van der Waals surface area (Å²) in [6, 6.07) is -0.799. The van der Waals surface area contributed by atoms with Crippen molar-refractivity contribution in [3.8, 4) is 12.3 Å². The highest BCUT2D eigenvalue weighted by Crippen LogP contribution is 2.27. The van der Waals surface area contributed by atoms with Gasteiger partial charge in [0.2, 0.25) is 5.91 Å². The van der Waals surface area contributed by atoms with Crippen LogP contribution in [0.1, 0.15) is 51.4 Å². The lowest BCUT2D eigenvalue weighted by Crippen LogP contribution is -2.41. The van der Waals surface area contributed by atoms with Crippen LogP contribution in [0.25, 0.3) is 0 Å².